The third kappa shape index (κ3) is 2.33. The number of anilines is 1. The fraction of sp³-hybridized carbons (Fsp3) is 0.0714. The lowest BCUT2D eigenvalue weighted by atomic mass is 10.2. The maximum absolute atomic E-state index is 13.0. The van der Waals surface area contributed by atoms with Gasteiger partial charge in [0.25, 0.3) is 0 Å². The van der Waals surface area contributed by atoms with Crippen molar-refractivity contribution in [3.8, 4) is 0 Å². The van der Waals surface area contributed by atoms with Gasteiger partial charge in [-0.1, -0.05) is 12.1 Å². The Morgan fingerprint density at radius 1 is 1.17 bits per heavy atom. The maximum atomic E-state index is 13.0. The number of fused-ring (bicyclic) bond motifs is 1. The van der Waals surface area contributed by atoms with Gasteiger partial charge >= 0.3 is 0 Å². The van der Waals surface area contributed by atoms with Gasteiger partial charge in [0.2, 0.25) is 0 Å². The molecule has 1 heterocycles. The average molecular weight is 258 g/mol. The Hall–Kier alpha value is -1.94. The first-order chi connectivity index (χ1) is 8.81. The molecule has 2 nitrogen and oxygen atoms in total. The summed E-state index contributed by atoms with van der Waals surface area (Å²) in [5.74, 6) is -0.202. The monoisotopic (exact) mass is 258 g/mol. The van der Waals surface area contributed by atoms with Crippen molar-refractivity contribution in [1.29, 1.82) is 0 Å². The van der Waals surface area contributed by atoms with Gasteiger partial charge < -0.3 is 5.32 Å². The molecule has 0 unspecified atom stereocenters. The smallest absolute Gasteiger partial charge is 0.123 e. The van der Waals surface area contributed by atoms with Gasteiger partial charge in [-0.05, 0) is 35.9 Å². The zero-order valence-electron chi connectivity index (χ0n) is 9.56. The van der Waals surface area contributed by atoms with Crippen molar-refractivity contribution >= 4 is 27.2 Å². The Morgan fingerprint density at radius 3 is 3.00 bits per heavy atom. The highest BCUT2D eigenvalue weighted by molar-refractivity contribution is 7.16. The number of aromatic nitrogens is 1. The summed E-state index contributed by atoms with van der Waals surface area (Å²) < 4.78 is 14.2. The second kappa shape index (κ2) is 4.74. The molecule has 2 aromatic carbocycles. The van der Waals surface area contributed by atoms with Crippen molar-refractivity contribution < 1.29 is 4.39 Å². The summed E-state index contributed by atoms with van der Waals surface area (Å²) in [5.41, 5.74) is 4.80. The summed E-state index contributed by atoms with van der Waals surface area (Å²) in [4.78, 5) is 4.23. The van der Waals surface area contributed by atoms with Gasteiger partial charge in [-0.2, -0.15) is 0 Å². The van der Waals surface area contributed by atoms with Crippen LogP contribution in [-0.2, 0) is 6.54 Å². The third-order valence-electron chi connectivity index (χ3n) is 2.72. The van der Waals surface area contributed by atoms with Gasteiger partial charge in [-0.25, -0.2) is 9.37 Å². The zero-order chi connectivity index (χ0) is 12.4. The van der Waals surface area contributed by atoms with E-state index in [-0.39, 0.29) is 5.82 Å². The van der Waals surface area contributed by atoms with Crippen molar-refractivity contribution in [2.75, 3.05) is 5.32 Å². The molecule has 0 aliphatic rings. The molecule has 0 amide bonds. The first-order valence-electron chi connectivity index (χ1n) is 5.63. The number of nitrogens with one attached hydrogen (secondary N) is 1. The van der Waals surface area contributed by atoms with Crippen LogP contribution < -0.4 is 5.32 Å². The molecule has 0 radical (unpaired) electrons. The highest BCUT2D eigenvalue weighted by Crippen LogP contribution is 2.22. The third-order valence-corrected chi connectivity index (χ3v) is 3.51. The second-order valence-corrected chi connectivity index (χ2v) is 4.90. The molecule has 3 rings (SSSR count). The number of nitrogens with zero attached hydrogens (tertiary/aromatic N) is 1. The number of hydrogen-bond donors (Lipinski definition) is 1. The first kappa shape index (κ1) is 11.2. The highest BCUT2D eigenvalue weighted by atomic mass is 32.1. The van der Waals surface area contributed by atoms with Gasteiger partial charge in [-0.3, -0.25) is 0 Å². The van der Waals surface area contributed by atoms with Crippen LogP contribution in [0.3, 0.4) is 0 Å². The summed E-state index contributed by atoms with van der Waals surface area (Å²) in [5, 5.41) is 3.28. The number of rotatable bonds is 3. The Kier molecular flexibility index (Phi) is 2.94. The van der Waals surface area contributed by atoms with E-state index in [1.165, 1.54) is 12.1 Å². The predicted octanol–water partition coefficient (Wildman–Crippen LogP) is 4.05. The van der Waals surface area contributed by atoms with Crippen molar-refractivity contribution in [3.05, 3.63) is 59.4 Å². The molecular weight excluding hydrogens is 247 g/mol. The van der Waals surface area contributed by atoms with Crippen molar-refractivity contribution in [2.45, 2.75) is 6.54 Å². The van der Waals surface area contributed by atoms with E-state index >= 15 is 0 Å². The van der Waals surface area contributed by atoms with E-state index in [0.29, 0.717) is 6.54 Å². The van der Waals surface area contributed by atoms with E-state index in [1.54, 1.807) is 17.4 Å². The topological polar surface area (TPSA) is 24.9 Å². The Labute approximate surface area is 108 Å². The fourth-order valence-electron chi connectivity index (χ4n) is 1.82. The van der Waals surface area contributed by atoms with Crippen LogP contribution in [-0.4, -0.2) is 4.98 Å². The minimum Gasteiger partial charge on any atom is -0.381 e. The van der Waals surface area contributed by atoms with E-state index in [1.807, 2.05) is 23.7 Å². The SMILES string of the molecule is Fc1cccc(CNc2ccc3ncsc3c2)c1. The molecule has 90 valence electrons. The van der Waals surface area contributed by atoms with Crippen molar-refractivity contribution in [2.24, 2.45) is 0 Å². The largest absolute Gasteiger partial charge is 0.381 e. The predicted molar refractivity (Wildman–Crippen MR) is 73.3 cm³/mol. The van der Waals surface area contributed by atoms with Gasteiger partial charge in [0, 0.05) is 12.2 Å². The molecule has 0 aliphatic heterocycles. The second-order valence-electron chi connectivity index (χ2n) is 4.02. The van der Waals surface area contributed by atoms with E-state index in [4.69, 9.17) is 0 Å². The van der Waals surface area contributed by atoms with E-state index in [0.717, 1.165) is 21.5 Å². The summed E-state index contributed by atoms with van der Waals surface area (Å²) >= 11 is 1.61. The van der Waals surface area contributed by atoms with Crippen LogP contribution in [0.1, 0.15) is 5.56 Å². The molecule has 0 spiro atoms. The fourth-order valence-corrected chi connectivity index (χ4v) is 2.53. The van der Waals surface area contributed by atoms with E-state index < -0.39 is 0 Å². The molecule has 18 heavy (non-hydrogen) atoms. The van der Waals surface area contributed by atoms with Crippen LogP contribution in [0.25, 0.3) is 10.2 Å². The van der Waals surface area contributed by atoms with Crippen LogP contribution in [0.5, 0.6) is 0 Å². The molecule has 0 aliphatic carbocycles. The minimum atomic E-state index is -0.202. The zero-order valence-corrected chi connectivity index (χ0v) is 10.4. The average Bonchev–Trinajstić information content (AvgIpc) is 2.84. The molecule has 1 aromatic heterocycles. The molecule has 0 bridgehead atoms. The molecular formula is C14H11FN2S. The maximum Gasteiger partial charge on any atom is 0.123 e. The van der Waals surface area contributed by atoms with Crippen LogP contribution >= 0.6 is 11.3 Å². The van der Waals surface area contributed by atoms with Crippen LogP contribution in [0.15, 0.2) is 48.0 Å². The Morgan fingerprint density at radius 2 is 2.11 bits per heavy atom. The van der Waals surface area contributed by atoms with E-state index in [2.05, 4.69) is 16.4 Å². The molecule has 3 aromatic rings. The molecule has 0 atom stereocenters. The lowest BCUT2D eigenvalue weighted by Gasteiger charge is -2.06. The summed E-state index contributed by atoms with van der Waals surface area (Å²) in [6.45, 7) is 0.613. The molecule has 0 saturated carbocycles. The summed E-state index contributed by atoms with van der Waals surface area (Å²) in [6, 6.07) is 12.7. The highest BCUT2D eigenvalue weighted by Gasteiger charge is 1.99. The molecule has 0 saturated heterocycles. The number of halogens is 1. The van der Waals surface area contributed by atoms with Gasteiger partial charge in [0.15, 0.2) is 0 Å². The van der Waals surface area contributed by atoms with Crippen LogP contribution in [0.4, 0.5) is 10.1 Å². The Balaban J connectivity index is 1.76. The van der Waals surface area contributed by atoms with Gasteiger partial charge in [0.05, 0.1) is 15.7 Å². The molecule has 1 N–H and O–H groups in total. The number of thiazole rings is 1. The lowest BCUT2D eigenvalue weighted by Crippen LogP contribution is -1.99. The van der Waals surface area contributed by atoms with Gasteiger partial charge in [0.1, 0.15) is 5.82 Å². The Bertz CT molecular complexity index is 678. The van der Waals surface area contributed by atoms with Crippen LogP contribution in [0, 0.1) is 5.82 Å². The quantitative estimate of drug-likeness (QED) is 0.766. The normalized spacial score (nSPS) is 10.7. The van der Waals surface area contributed by atoms with Crippen molar-refractivity contribution in [3.63, 3.8) is 0 Å². The lowest BCUT2D eigenvalue weighted by molar-refractivity contribution is 0.626. The van der Waals surface area contributed by atoms with Gasteiger partial charge in [-0.15, -0.1) is 11.3 Å². The first-order valence-corrected chi connectivity index (χ1v) is 6.51. The minimum absolute atomic E-state index is 0.202. The molecule has 4 heteroatoms. The van der Waals surface area contributed by atoms with E-state index in [9.17, 15) is 4.39 Å². The molecule has 0 fully saturated rings. The summed E-state index contributed by atoms with van der Waals surface area (Å²) in [6.07, 6.45) is 0. The van der Waals surface area contributed by atoms with Crippen LogP contribution in [0.2, 0.25) is 0 Å². The number of hydrogen-bond acceptors (Lipinski definition) is 3. The standard InChI is InChI=1S/C14H11FN2S/c15-11-3-1-2-10(6-11)8-16-12-4-5-13-14(7-12)18-9-17-13/h1-7,9,16H,8H2. The number of benzene rings is 2. The summed E-state index contributed by atoms with van der Waals surface area (Å²) in [7, 11) is 0. The van der Waals surface area contributed by atoms with Crippen molar-refractivity contribution in [1.82, 2.24) is 4.98 Å².